The molecule has 0 spiro atoms. The molecule has 6 nitrogen and oxygen atoms in total. The van der Waals surface area contributed by atoms with Gasteiger partial charge in [0.05, 0.1) is 18.8 Å². The van der Waals surface area contributed by atoms with Crippen molar-refractivity contribution in [3.63, 3.8) is 0 Å². The molecule has 6 heteroatoms. The van der Waals surface area contributed by atoms with Crippen molar-refractivity contribution < 1.29 is 19.4 Å². The van der Waals surface area contributed by atoms with E-state index in [9.17, 15) is 9.59 Å². The summed E-state index contributed by atoms with van der Waals surface area (Å²) < 4.78 is 5.80. The normalized spacial score (nSPS) is 10.7. The molecular formula is C19H22N2O4. The molecule has 0 aromatic heterocycles. The van der Waals surface area contributed by atoms with Crippen molar-refractivity contribution in [3.8, 4) is 11.5 Å². The van der Waals surface area contributed by atoms with Gasteiger partial charge in [-0.15, -0.1) is 0 Å². The summed E-state index contributed by atoms with van der Waals surface area (Å²) in [4.78, 5) is 24.8. The lowest BCUT2D eigenvalue weighted by atomic mass is 10.2. The average Bonchev–Trinajstić information content (AvgIpc) is 2.56. The van der Waals surface area contributed by atoms with E-state index in [-0.39, 0.29) is 25.0 Å². The van der Waals surface area contributed by atoms with Crippen molar-refractivity contribution in [3.05, 3.63) is 54.6 Å². The number of amides is 1. The number of para-hydroxylation sites is 3. The lowest BCUT2D eigenvalue weighted by molar-refractivity contribution is -0.139. The fourth-order valence-electron chi connectivity index (χ4n) is 2.24. The monoisotopic (exact) mass is 342 g/mol. The van der Waals surface area contributed by atoms with Gasteiger partial charge in [0.1, 0.15) is 5.75 Å². The minimum absolute atomic E-state index is 0.0103. The van der Waals surface area contributed by atoms with Crippen molar-refractivity contribution in [1.29, 1.82) is 0 Å². The highest BCUT2D eigenvalue weighted by atomic mass is 16.5. The number of hydrogen-bond donors (Lipinski definition) is 2. The summed E-state index contributed by atoms with van der Waals surface area (Å²) in [6, 6.07) is 16.3. The number of carbonyl (C=O) groups is 2. The third-order valence-electron chi connectivity index (χ3n) is 3.55. The second kappa shape index (κ2) is 8.84. The number of aliphatic carboxylic acids is 1. The number of carboxylic acid groups (broad SMARTS) is 1. The molecule has 2 aromatic rings. The highest BCUT2D eigenvalue weighted by Gasteiger charge is 2.18. The molecule has 0 saturated carbocycles. The predicted molar refractivity (Wildman–Crippen MR) is 95.9 cm³/mol. The first-order valence-electron chi connectivity index (χ1n) is 8.03. The fraction of sp³-hybridized carbons (Fsp3) is 0.263. The van der Waals surface area contributed by atoms with E-state index in [0.29, 0.717) is 17.2 Å². The third-order valence-corrected chi connectivity index (χ3v) is 3.55. The number of anilines is 1. The van der Waals surface area contributed by atoms with Gasteiger partial charge in [-0.05, 0) is 38.1 Å². The lowest BCUT2D eigenvalue weighted by Crippen LogP contribution is -2.41. The zero-order chi connectivity index (χ0) is 18.2. The summed E-state index contributed by atoms with van der Waals surface area (Å²) in [6.45, 7) is 3.50. The second-order valence-corrected chi connectivity index (χ2v) is 5.85. The van der Waals surface area contributed by atoms with Gasteiger partial charge in [-0.1, -0.05) is 30.3 Å². The number of ether oxygens (including phenoxy) is 1. The van der Waals surface area contributed by atoms with Gasteiger partial charge in [-0.25, -0.2) is 0 Å². The summed E-state index contributed by atoms with van der Waals surface area (Å²) in [5.41, 5.74) is 0.537. The number of benzene rings is 2. The number of rotatable bonds is 8. The van der Waals surface area contributed by atoms with E-state index >= 15 is 0 Å². The van der Waals surface area contributed by atoms with E-state index in [1.807, 2.05) is 50.2 Å². The first kappa shape index (κ1) is 18.5. The van der Waals surface area contributed by atoms with Crippen molar-refractivity contribution in [1.82, 2.24) is 4.90 Å². The number of carbonyl (C=O) groups excluding carboxylic acids is 1. The zero-order valence-corrected chi connectivity index (χ0v) is 14.3. The van der Waals surface area contributed by atoms with Crippen molar-refractivity contribution in [2.75, 3.05) is 18.4 Å². The van der Waals surface area contributed by atoms with Crippen LogP contribution in [-0.2, 0) is 9.59 Å². The first-order valence-corrected chi connectivity index (χ1v) is 8.03. The quantitative estimate of drug-likeness (QED) is 0.770. The predicted octanol–water partition coefficient (Wildman–Crippen LogP) is 3.21. The van der Waals surface area contributed by atoms with Gasteiger partial charge < -0.3 is 15.2 Å². The van der Waals surface area contributed by atoms with Crippen LogP contribution in [-0.4, -0.2) is 41.0 Å². The molecule has 0 saturated heterocycles. The Labute approximate surface area is 147 Å². The summed E-state index contributed by atoms with van der Waals surface area (Å²) >= 11 is 0. The Morgan fingerprint density at radius 2 is 1.68 bits per heavy atom. The average molecular weight is 342 g/mol. The molecule has 0 heterocycles. The number of hydrogen-bond acceptors (Lipinski definition) is 4. The van der Waals surface area contributed by atoms with Crippen LogP contribution >= 0.6 is 0 Å². The van der Waals surface area contributed by atoms with Crippen LogP contribution in [0.1, 0.15) is 13.8 Å². The molecule has 0 aliphatic rings. The van der Waals surface area contributed by atoms with Gasteiger partial charge in [0.15, 0.2) is 5.75 Å². The molecule has 0 atom stereocenters. The summed E-state index contributed by atoms with van der Waals surface area (Å²) in [6.07, 6.45) is 0. The third kappa shape index (κ3) is 5.93. The minimum atomic E-state index is -0.964. The molecule has 25 heavy (non-hydrogen) atoms. The molecule has 0 aliphatic carbocycles. The summed E-state index contributed by atoms with van der Waals surface area (Å²) in [5, 5.41) is 11.7. The standard InChI is InChI=1S/C19H22N2O4/c1-14(2)21(13-19(23)24)12-18(22)20-16-10-6-7-11-17(16)25-15-8-4-3-5-9-15/h3-11,14H,12-13H2,1-2H3,(H,20,22)(H,23,24). The maximum atomic E-state index is 12.3. The highest BCUT2D eigenvalue weighted by molar-refractivity contribution is 5.94. The van der Waals surface area contributed by atoms with Crippen molar-refractivity contribution in [2.45, 2.75) is 19.9 Å². The van der Waals surface area contributed by atoms with Gasteiger partial charge in [0.25, 0.3) is 0 Å². The molecule has 2 N–H and O–H groups in total. The van der Waals surface area contributed by atoms with Gasteiger partial charge in [-0.3, -0.25) is 14.5 Å². The number of nitrogens with zero attached hydrogens (tertiary/aromatic N) is 1. The Bertz CT molecular complexity index is 716. The SMILES string of the molecule is CC(C)N(CC(=O)O)CC(=O)Nc1ccccc1Oc1ccccc1. The summed E-state index contributed by atoms with van der Waals surface area (Å²) in [5.74, 6) is -0.0661. The van der Waals surface area contributed by atoms with Crippen LogP contribution in [0.3, 0.4) is 0 Å². The lowest BCUT2D eigenvalue weighted by Gasteiger charge is -2.24. The topological polar surface area (TPSA) is 78.9 Å². The van der Waals surface area contributed by atoms with E-state index in [4.69, 9.17) is 9.84 Å². The number of carboxylic acids is 1. The van der Waals surface area contributed by atoms with Gasteiger partial charge in [0, 0.05) is 6.04 Å². The van der Waals surface area contributed by atoms with Gasteiger partial charge >= 0.3 is 5.97 Å². The van der Waals surface area contributed by atoms with E-state index in [2.05, 4.69) is 5.32 Å². The van der Waals surface area contributed by atoms with Crippen LogP contribution in [0.15, 0.2) is 54.6 Å². The van der Waals surface area contributed by atoms with Crippen LogP contribution in [0.25, 0.3) is 0 Å². The molecule has 2 aromatic carbocycles. The van der Waals surface area contributed by atoms with E-state index in [0.717, 1.165) is 0 Å². The van der Waals surface area contributed by atoms with Crippen LogP contribution in [0.4, 0.5) is 5.69 Å². The molecule has 0 radical (unpaired) electrons. The Balaban J connectivity index is 2.06. The first-order chi connectivity index (χ1) is 12.0. The smallest absolute Gasteiger partial charge is 0.317 e. The van der Waals surface area contributed by atoms with Crippen LogP contribution in [0.5, 0.6) is 11.5 Å². The highest BCUT2D eigenvalue weighted by Crippen LogP contribution is 2.29. The fourth-order valence-corrected chi connectivity index (χ4v) is 2.24. The Morgan fingerprint density at radius 1 is 1.04 bits per heavy atom. The van der Waals surface area contributed by atoms with Crippen molar-refractivity contribution in [2.24, 2.45) is 0 Å². The van der Waals surface area contributed by atoms with E-state index in [1.54, 1.807) is 23.1 Å². The summed E-state index contributed by atoms with van der Waals surface area (Å²) in [7, 11) is 0. The minimum Gasteiger partial charge on any atom is -0.480 e. The zero-order valence-electron chi connectivity index (χ0n) is 14.3. The van der Waals surface area contributed by atoms with Crippen LogP contribution in [0.2, 0.25) is 0 Å². The van der Waals surface area contributed by atoms with Gasteiger partial charge in [0.2, 0.25) is 5.91 Å². The molecule has 1 amide bonds. The molecule has 0 fully saturated rings. The van der Waals surface area contributed by atoms with E-state index in [1.165, 1.54) is 0 Å². The molecule has 132 valence electrons. The maximum absolute atomic E-state index is 12.3. The van der Waals surface area contributed by atoms with Crippen LogP contribution in [0, 0.1) is 0 Å². The van der Waals surface area contributed by atoms with Crippen molar-refractivity contribution >= 4 is 17.6 Å². The largest absolute Gasteiger partial charge is 0.480 e. The van der Waals surface area contributed by atoms with E-state index < -0.39 is 5.97 Å². The molecule has 0 bridgehead atoms. The molecule has 0 aliphatic heterocycles. The van der Waals surface area contributed by atoms with Gasteiger partial charge in [-0.2, -0.15) is 0 Å². The Hall–Kier alpha value is -2.86. The maximum Gasteiger partial charge on any atom is 0.317 e. The Morgan fingerprint density at radius 3 is 2.32 bits per heavy atom. The molecular weight excluding hydrogens is 320 g/mol. The van der Waals surface area contributed by atoms with Crippen LogP contribution < -0.4 is 10.1 Å². The molecule has 0 unspecified atom stereocenters. The molecule has 2 rings (SSSR count). The Kier molecular flexibility index (Phi) is 6.54. The number of nitrogens with one attached hydrogen (secondary N) is 1. The second-order valence-electron chi connectivity index (χ2n) is 5.85.